The first-order valence-electron chi connectivity index (χ1n) is 8.31. The van der Waals surface area contributed by atoms with Crippen molar-refractivity contribution in [2.45, 2.75) is 28.7 Å². The minimum Gasteiger partial charge on any atom is -0.379 e. The Labute approximate surface area is 160 Å². The van der Waals surface area contributed by atoms with Crippen molar-refractivity contribution in [3.63, 3.8) is 0 Å². The van der Waals surface area contributed by atoms with Crippen molar-refractivity contribution in [3.05, 3.63) is 24.3 Å². The van der Waals surface area contributed by atoms with Gasteiger partial charge in [0.15, 0.2) is 0 Å². The van der Waals surface area contributed by atoms with E-state index in [-0.39, 0.29) is 28.2 Å². The standard InChI is InChI=1S/C15H23N3O5S2.ClH/c19-24(20,17-13-5-7-16-8-6-13)14-1-3-15(4-2-14)25(21,22)18-9-11-23-12-10-18;/h1-4,13,16-17H,5-12H2;1H. The molecule has 26 heavy (non-hydrogen) atoms. The lowest BCUT2D eigenvalue weighted by atomic mass is 10.1. The van der Waals surface area contributed by atoms with Crippen LogP contribution in [0.5, 0.6) is 0 Å². The first kappa shape index (κ1) is 21.5. The first-order chi connectivity index (χ1) is 11.9. The average molecular weight is 426 g/mol. The number of hydrogen-bond acceptors (Lipinski definition) is 6. The molecule has 0 aliphatic carbocycles. The van der Waals surface area contributed by atoms with Crippen LogP contribution in [-0.4, -0.2) is 66.6 Å². The second kappa shape index (κ2) is 8.96. The van der Waals surface area contributed by atoms with Crippen molar-refractivity contribution < 1.29 is 21.6 Å². The van der Waals surface area contributed by atoms with Crippen LogP contribution in [0.1, 0.15) is 12.8 Å². The molecule has 2 fully saturated rings. The smallest absolute Gasteiger partial charge is 0.243 e. The predicted molar refractivity (Wildman–Crippen MR) is 99.5 cm³/mol. The molecule has 11 heteroatoms. The number of nitrogens with zero attached hydrogens (tertiary/aromatic N) is 1. The van der Waals surface area contributed by atoms with E-state index in [1.165, 1.54) is 28.6 Å². The summed E-state index contributed by atoms with van der Waals surface area (Å²) in [7, 11) is -7.27. The second-order valence-electron chi connectivity index (χ2n) is 6.13. The highest BCUT2D eigenvalue weighted by molar-refractivity contribution is 7.89. The van der Waals surface area contributed by atoms with Gasteiger partial charge in [-0.25, -0.2) is 21.6 Å². The molecule has 0 radical (unpaired) electrons. The maximum Gasteiger partial charge on any atom is 0.243 e. The normalized spacial score (nSPS) is 20.5. The first-order valence-corrected chi connectivity index (χ1v) is 11.2. The van der Waals surface area contributed by atoms with Gasteiger partial charge >= 0.3 is 0 Å². The average Bonchev–Trinajstić information content (AvgIpc) is 2.63. The summed E-state index contributed by atoms with van der Waals surface area (Å²) in [6, 6.07) is 5.29. The minimum absolute atomic E-state index is 0. The summed E-state index contributed by atoms with van der Waals surface area (Å²) in [5.41, 5.74) is 0. The zero-order valence-electron chi connectivity index (χ0n) is 14.3. The van der Waals surface area contributed by atoms with Crippen molar-refractivity contribution in [3.8, 4) is 0 Å². The zero-order valence-corrected chi connectivity index (χ0v) is 16.7. The summed E-state index contributed by atoms with van der Waals surface area (Å²) in [5, 5.41) is 3.18. The molecule has 0 spiro atoms. The molecule has 2 N–H and O–H groups in total. The summed E-state index contributed by atoms with van der Waals surface area (Å²) in [5.74, 6) is 0. The Morgan fingerprint density at radius 2 is 1.50 bits per heavy atom. The number of rotatable bonds is 5. The van der Waals surface area contributed by atoms with E-state index in [4.69, 9.17) is 4.74 Å². The van der Waals surface area contributed by atoms with Gasteiger partial charge in [0, 0.05) is 19.1 Å². The minimum atomic E-state index is -3.65. The van der Waals surface area contributed by atoms with E-state index in [1.807, 2.05) is 0 Å². The Balaban J connectivity index is 0.00000243. The van der Waals surface area contributed by atoms with Crippen molar-refractivity contribution in [1.82, 2.24) is 14.3 Å². The summed E-state index contributed by atoms with van der Waals surface area (Å²) >= 11 is 0. The number of benzene rings is 1. The lowest BCUT2D eigenvalue weighted by Gasteiger charge is -2.26. The maximum atomic E-state index is 12.6. The van der Waals surface area contributed by atoms with E-state index in [1.54, 1.807) is 0 Å². The molecule has 0 atom stereocenters. The summed E-state index contributed by atoms with van der Waals surface area (Å²) in [6.45, 7) is 2.91. The van der Waals surface area contributed by atoms with Crippen molar-refractivity contribution in [1.29, 1.82) is 0 Å². The van der Waals surface area contributed by atoms with Crippen molar-refractivity contribution in [2.75, 3.05) is 39.4 Å². The lowest BCUT2D eigenvalue weighted by Crippen LogP contribution is -2.42. The Hall–Kier alpha value is -0.750. The van der Waals surface area contributed by atoms with Crippen molar-refractivity contribution in [2.24, 2.45) is 0 Å². The van der Waals surface area contributed by atoms with E-state index < -0.39 is 20.0 Å². The van der Waals surface area contributed by atoms with Gasteiger partial charge in [-0.1, -0.05) is 0 Å². The van der Waals surface area contributed by atoms with Gasteiger partial charge in [0.1, 0.15) is 0 Å². The monoisotopic (exact) mass is 425 g/mol. The molecule has 0 amide bonds. The number of sulfonamides is 2. The molecular weight excluding hydrogens is 402 g/mol. The Bertz CT molecular complexity index is 787. The van der Waals surface area contributed by atoms with Gasteiger partial charge in [0.25, 0.3) is 0 Å². The number of piperidine rings is 1. The molecule has 1 aromatic carbocycles. The largest absolute Gasteiger partial charge is 0.379 e. The molecule has 0 unspecified atom stereocenters. The number of hydrogen-bond donors (Lipinski definition) is 2. The van der Waals surface area contributed by atoms with Gasteiger partial charge in [-0.3, -0.25) is 0 Å². The van der Waals surface area contributed by atoms with Crippen LogP contribution in [0.3, 0.4) is 0 Å². The lowest BCUT2D eigenvalue weighted by molar-refractivity contribution is 0.0730. The fourth-order valence-corrected chi connectivity index (χ4v) is 5.67. The third-order valence-corrected chi connectivity index (χ3v) is 7.85. The van der Waals surface area contributed by atoms with E-state index in [2.05, 4.69) is 10.0 Å². The SMILES string of the molecule is Cl.O=S(=O)(NC1CCNCC1)c1ccc(S(=O)(=O)N2CCOCC2)cc1. The van der Waals surface area contributed by atoms with Crippen LogP contribution in [0.25, 0.3) is 0 Å². The van der Waals surface area contributed by atoms with Gasteiger partial charge in [-0.2, -0.15) is 4.31 Å². The maximum absolute atomic E-state index is 12.6. The molecular formula is C15H24ClN3O5S2. The molecule has 1 aromatic rings. The summed E-state index contributed by atoms with van der Waals surface area (Å²) < 4.78 is 59.2. The Morgan fingerprint density at radius 3 is 2.08 bits per heavy atom. The molecule has 0 saturated carbocycles. The molecule has 2 saturated heterocycles. The number of morpholine rings is 1. The van der Waals surface area contributed by atoms with Gasteiger partial charge in [0.2, 0.25) is 20.0 Å². The molecule has 0 aromatic heterocycles. The number of nitrogens with one attached hydrogen (secondary N) is 2. The van der Waals surface area contributed by atoms with Crippen molar-refractivity contribution >= 4 is 32.5 Å². The Morgan fingerprint density at radius 1 is 0.962 bits per heavy atom. The Kier molecular flexibility index (Phi) is 7.43. The van der Waals surface area contributed by atoms with Crippen LogP contribution < -0.4 is 10.0 Å². The third kappa shape index (κ3) is 4.94. The van der Waals surface area contributed by atoms with Crippen LogP contribution in [0, 0.1) is 0 Å². The zero-order chi connectivity index (χ0) is 17.9. The van der Waals surface area contributed by atoms with Gasteiger partial charge < -0.3 is 10.1 Å². The molecule has 0 bridgehead atoms. The highest BCUT2D eigenvalue weighted by Gasteiger charge is 2.27. The van der Waals surface area contributed by atoms with Crippen LogP contribution in [-0.2, 0) is 24.8 Å². The highest BCUT2D eigenvalue weighted by atomic mass is 35.5. The molecule has 2 heterocycles. The van der Waals surface area contributed by atoms with Gasteiger partial charge in [-0.15, -0.1) is 12.4 Å². The summed E-state index contributed by atoms with van der Waals surface area (Å²) in [6.07, 6.45) is 1.48. The van der Waals surface area contributed by atoms with Gasteiger partial charge in [-0.05, 0) is 50.2 Å². The molecule has 8 nitrogen and oxygen atoms in total. The van der Waals surface area contributed by atoms with E-state index in [0.29, 0.717) is 26.3 Å². The number of halogens is 1. The molecule has 3 rings (SSSR count). The van der Waals surface area contributed by atoms with E-state index in [0.717, 1.165) is 25.9 Å². The molecule has 2 aliphatic heterocycles. The van der Waals surface area contributed by atoms with Crippen LogP contribution in [0.2, 0.25) is 0 Å². The molecule has 2 aliphatic rings. The topological polar surface area (TPSA) is 105 Å². The third-order valence-electron chi connectivity index (χ3n) is 4.40. The predicted octanol–water partition coefficient (Wildman–Crippen LogP) is 0.160. The summed E-state index contributed by atoms with van der Waals surface area (Å²) in [4.78, 5) is 0.169. The quantitative estimate of drug-likeness (QED) is 0.696. The fraction of sp³-hybridized carbons (Fsp3) is 0.600. The second-order valence-corrected chi connectivity index (χ2v) is 9.79. The van der Waals surface area contributed by atoms with Crippen LogP contribution in [0.15, 0.2) is 34.1 Å². The van der Waals surface area contributed by atoms with Gasteiger partial charge in [0.05, 0.1) is 23.0 Å². The molecule has 148 valence electrons. The van der Waals surface area contributed by atoms with Crippen LogP contribution >= 0.6 is 12.4 Å². The fourth-order valence-electron chi connectivity index (χ4n) is 2.95. The number of ether oxygens (including phenoxy) is 1. The van der Waals surface area contributed by atoms with Crippen LogP contribution in [0.4, 0.5) is 0 Å². The van der Waals surface area contributed by atoms with E-state index in [9.17, 15) is 16.8 Å². The van der Waals surface area contributed by atoms with E-state index >= 15 is 0 Å². The highest BCUT2D eigenvalue weighted by Crippen LogP contribution is 2.20.